The van der Waals surface area contributed by atoms with Gasteiger partial charge in [-0.05, 0) is 48.1 Å². The number of nitrogens with one attached hydrogen (secondary N) is 1. The van der Waals surface area contributed by atoms with Gasteiger partial charge in [-0.25, -0.2) is 0 Å². The van der Waals surface area contributed by atoms with Gasteiger partial charge in [0.1, 0.15) is 11.8 Å². The van der Waals surface area contributed by atoms with E-state index >= 15 is 0 Å². The Bertz CT molecular complexity index is 798. The predicted molar refractivity (Wildman–Crippen MR) is 116 cm³/mol. The van der Waals surface area contributed by atoms with E-state index in [0.29, 0.717) is 25.3 Å². The van der Waals surface area contributed by atoms with E-state index < -0.39 is 6.04 Å². The van der Waals surface area contributed by atoms with E-state index in [1.54, 1.807) is 26.0 Å². The quantitative estimate of drug-likeness (QED) is 0.699. The SMILES string of the molecule is CNC(=O)C(C)N(Cc1ccc(OC)cc1)C(=O)CCc1ccc(C(C)C)cc1. The number of carbonyl (C=O) groups is 2. The number of rotatable bonds is 9. The first-order valence-electron chi connectivity index (χ1n) is 10.1. The van der Waals surface area contributed by atoms with Crippen molar-refractivity contribution in [3.05, 3.63) is 65.2 Å². The van der Waals surface area contributed by atoms with Crippen LogP contribution in [0.2, 0.25) is 0 Å². The maximum absolute atomic E-state index is 13.0. The maximum atomic E-state index is 13.0. The number of amides is 2. The zero-order valence-electron chi connectivity index (χ0n) is 18.1. The Kier molecular flexibility index (Phi) is 8.25. The van der Waals surface area contributed by atoms with Crippen LogP contribution in [0.15, 0.2) is 48.5 Å². The fraction of sp³-hybridized carbons (Fsp3) is 0.417. The standard InChI is InChI=1S/C24H32N2O3/c1-17(2)21-11-6-19(7-12-21)10-15-23(27)26(18(3)24(28)25-4)16-20-8-13-22(29-5)14-9-20/h6-9,11-14,17-18H,10,15-16H2,1-5H3,(H,25,28). The number of hydrogen-bond acceptors (Lipinski definition) is 3. The highest BCUT2D eigenvalue weighted by molar-refractivity contribution is 5.87. The second-order valence-corrected chi connectivity index (χ2v) is 7.56. The van der Waals surface area contributed by atoms with Crippen molar-refractivity contribution in [3.8, 4) is 5.75 Å². The molecule has 2 aromatic rings. The average Bonchev–Trinajstić information content (AvgIpc) is 2.75. The lowest BCUT2D eigenvalue weighted by Gasteiger charge is -2.28. The van der Waals surface area contributed by atoms with Gasteiger partial charge in [0.2, 0.25) is 11.8 Å². The van der Waals surface area contributed by atoms with Crippen LogP contribution in [0.5, 0.6) is 5.75 Å². The average molecular weight is 397 g/mol. The van der Waals surface area contributed by atoms with Crippen LogP contribution in [0.3, 0.4) is 0 Å². The fourth-order valence-corrected chi connectivity index (χ4v) is 3.18. The van der Waals surface area contributed by atoms with Crippen LogP contribution in [0.4, 0.5) is 0 Å². The Morgan fingerprint density at radius 2 is 1.55 bits per heavy atom. The first kappa shape index (κ1) is 22.5. The minimum atomic E-state index is -0.544. The number of aryl methyl sites for hydroxylation is 1. The summed E-state index contributed by atoms with van der Waals surface area (Å²) in [4.78, 5) is 26.8. The van der Waals surface area contributed by atoms with Crippen LogP contribution in [0.25, 0.3) is 0 Å². The molecule has 0 aliphatic carbocycles. The van der Waals surface area contributed by atoms with Crippen molar-refractivity contribution >= 4 is 11.8 Å². The molecule has 5 heteroatoms. The fourth-order valence-electron chi connectivity index (χ4n) is 3.18. The third-order valence-electron chi connectivity index (χ3n) is 5.20. The molecule has 5 nitrogen and oxygen atoms in total. The Hall–Kier alpha value is -2.82. The summed E-state index contributed by atoms with van der Waals surface area (Å²) in [5.41, 5.74) is 3.37. The Morgan fingerprint density at radius 1 is 0.966 bits per heavy atom. The maximum Gasteiger partial charge on any atom is 0.242 e. The largest absolute Gasteiger partial charge is 0.497 e. The third-order valence-corrected chi connectivity index (χ3v) is 5.20. The smallest absolute Gasteiger partial charge is 0.242 e. The molecule has 0 saturated heterocycles. The van der Waals surface area contributed by atoms with E-state index in [1.807, 2.05) is 24.3 Å². The van der Waals surface area contributed by atoms with Gasteiger partial charge < -0.3 is 15.0 Å². The molecule has 0 aliphatic rings. The summed E-state index contributed by atoms with van der Waals surface area (Å²) < 4.78 is 5.19. The molecular formula is C24H32N2O3. The van der Waals surface area contributed by atoms with Crippen LogP contribution in [-0.4, -0.2) is 36.9 Å². The molecule has 2 amide bonds. The van der Waals surface area contributed by atoms with Gasteiger partial charge in [-0.3, -0.25) is 9.59 Å². The summed E-state index contributed by atoms with van der Waals surface area (Å²) in [6.07, 6.45) is 1.01. The summed E-state index contributed by atoms with van der Waals surface area (Å²) >= 11 is 0. The molecular weight excluding hydrogens is 364 g/mol. The zero-order valence-corrected chi connectivity index (χ0v) is 18.1. The Morgan fingerprint density at radius 3 is 2.07 bits per heavy atom. The van der Waals surface area contributed by atoms with Crippen molar-refractivity contribution in [3.63, 3.8) is 0 Å². The summed E-state index contributed by atoms with van der Waals surface area (Å²) in [5, 5.41) is 2.64. The van der Waals surface area contributed by atoms with E-state index in [9.17, 15) is 9.59 Å². The van der Waals surface area contributed by atoms with Crippen molar-refractivity contribution < 1.29 is 14.3 Å². The molecule has 29 heavy (non-hydrogen) atoms. The van der Waals surface area contributed by atoms with E-state index in [0.717, 1.165) is 16.9 Å². The molecule has 1 atom stereocenters. The van der Waals surface area contributed by atoms with Gasteiger partial charge in [-0.2, -0.15) is 0 Å². The molecule has 0 aromatic heterocycles. The van der Waals surface area contributed by atoms with E-state index in [4.69, 9.17) is 4.74 Å². The summed E-state index contributed by atoms with van der Waals surface area (Å²) in [6, 6.07) is 15.4. The molecule has 0 heterocycles. The minimum Gasteiger partial charge on any atom is -0.497 e. The predicted octanol–water partition coefficient (Wildman–Crippen LogP) is 3.91. The van der Waals surface area contributed by atoms with Crippen molar-refractivity contribution in [1.29, 1.82) is 0 Å². The number of benzene rings is 2. The van der Waals surface area contributed by atoms with Crippen molar-refractivity contribution in [1.82, 2.24) is 10.2 Å². The van der Waals surface area contributed by atoms with Gasteiger partial charge in [0.25, 0.3) is 0 Å². The zero-order chi connectivity index (χ0) is 21.4. The number of methoxy groups -OCH3 is 1. The molecule has 0 radical (unpaired) electrons. The summed E-state index contributed by atoms with van der Waals surface area (Å²) in [6.45, 7) is 6.47. The number of ether oxygens (including phenoxy) is 1. The van der Waals surface area contributed by atoms with E-state index in [2.05, 4.69) is 43.4 Å². The normalized spacial score (nSPS) is 11.8. The number of carbonyl (C=O) groups excluding carboxylic acids is 2. The molecule has 0 fully saturated rings. The second kappa shape index (κ2) is 10.6. The highest BCUT2D eigenvalue weighted by Crippen LogP contribution is 2.18. The molecule has 0 spiro atoms. The highest BCUT2D eigenvalue weighted by atomic mass is 16.5. The summed E-state index contributed by atoms with van der Waals surface area (Å²) in [5.74, 6) is 1.04. The molecule has 2 rings (SSSR count). The monoisotopic (exact) mass is 396 g/mol. The van der Waals surface area contributed by atoms with Crippen molar-refractivity contribution in [2.24, 2.45) is 0 Å². The lowest BCUT2D eigenvalue weighted by molar-refractivity contribution is -0.140. The van der Waals surface area contributed by atoms with Gasteiger partial charge in [-0.1, -0.05) is 50.2 Å². The van der Waals surface area contributed by atoms with Crippen LogP contribution < -0.4 is 10.1 Å². The van der Waals surface area contributed by atoms with Crippen LogP contribution in [-0.2, 0) is 22.6 Å². The molecule has 1 N–H and O–H groups in total. The van der Waals surface area contributed by atoms with Crippen molar-refractivity contribution in [2.75, 3.05) is 14.2 Å². The second-order valence-electron chi connectivity index (χ2n) is 7.56. The van der Waals surface area contributed by atoms with Crippen molar-refractivity contribution in [2.45, 2.75) is 52.1 Å². The minimum absolute atomic E-state index is 0.0372. The van der Waals surface area contributed by atoms with Crippen LogP contribution in [0, 0.1) is 0 Å². The molecule has 2 aromatic carbocycles. The lowest BCUT2D eigenvalue weighted by atomic mass is 10.00. The van der Waals surface area contributed by atoms with E-state index in [-0.39, 0.29) is 11.8 Å². The van der Waals surface area contributed by atoms with Gasteiger partial charge in [0, 0.05) is 20.0 Å². The van der Waals surface area contributed by atoms with Crippen LogP contribution in [0.1, 0.15) is 49.8 Å². The first-order chi connectivity index (χ1) is 13.8. The number of likely N-dealkylation sites (N-methyl/N-ethyl adjacent to an activating group) is 1. The molecule has 156 valence electrons. The molecule has 0 saturated carbocycles. The molecule has 0 aliphatic heterocycles. The first-order valence-corrected chi connectivity index (χ1v) is 10.1. The Balaban J connectivity index is 2.09. The number of nitrogens with zero attached hydrogens (tertiary/aromatic N) is 1. The topological polar surface area (TPSA) is 58.6 Å². The van der Waals surface area contributed by atoms with Crippen LogP contribution >= 0.6 is 0 Å². The third kappa shape index (κ3) is 6.34. The molecule has 0 bridgehead atoms. The Labute approximate surface area is 174 Å². The highest BCUT2D eigenvalue weighted by Gasteiger charge is 2.25. The van der Waals surface area contributed by atoms with E-state index in [1.165, 1.54) is 5.56 Å². The van der Waals surface area contributed by atoms with Gasteiger partial charge in [-0.15, -0.1) is 0 Å². The summed E-state index contributed by atoms with van der Waals surface area (Å²) in [7, 11) is 3.21. The number of hydrogen-bond donors (Lipinski definition) is 1. The van der Waals surface area contributed by atoms with Gasteiger partial charge in [0.05, 0.1) is 7.11 Å². The van der Waals surface area contributed by atoms with Gasteiger partial charge >= 0.3 is 0 Å². The lowest BCUT2D eigenvalue weighted by Crippen LogP contribution is -2.46. The molecule has 1 unspecified atom stereocenters. The van der Waals surface area contributed by atoms with Gasteiger partial charge in [0.15, 0.2) is 0 Å².